The van der Waals surface area contributed by atoms with Crippen molar-refractivity contribution in [1.82, 2.24) is 19.9 Å². The standard InChI is InChI=1S/C20H20N6OS/c21-15-4-1-5-16(12-15)24-20-23-13-14-7-10-26(18(14)25-20)9-3-8-22-19(27)17-6-2-11-28-17/h1-2,4-7,10-13H,3,8-9,21H2,(H,22,27)(H,23,24,25). The van der Waals surface area contributed by atoms with Crippen LogP contribution in [0.1, 0.15) is 16.1 Å². The van der Waals surface area contributed by atoms with Crippen molar-refractivity contribution in [2.24, 2.45) is 0 Å². The summed E-state index contributed by atoms with van der Waals surface area (Å²) in [6, 6.07) is 13.2. The molecule has 0 bridgehead atoms. The molecule has 4 rings (SSSR count). The molecule has 0 spiro atoms. The highest BCUT2D eigenvalue weighted by Gasteiger charge is 2.08. The van der Waals surface area contributed by atoms with E-state index in [1.54, 1.807) is 6.20 Å². The van der Waals surface area contributed by atoms with E-state index in [9.17, 15) is 4.79 Å². The van der Waals surface area contributed by atoms with Crippen LogP contribution in [0.25, 0.3) is 11.0 Å². The zero-order chi connectivity index (χ0) is 19.3. The van der Waals surface area contributed by atoms with Crippen LogP contribution >= 0.6 is 11.3 Å². The Bertz CT molecular complexity index is 1090. The van der Waals surface area contributed by atoms with Crippen molar-refractivity contribution in [3.63, 3.8) is 0 Å². The molecule has 0 saturated carbocycles. The highest BCUT2D eigenvalue weighted by molar-refractivity contribution is 7.12. The first kappa shape index (κ1) is 18.0. The van der Waals surface area contributed by atoms with Crippen LogP contribution in [-0.4, -0.2) is 27.0 Å². The minimum Gasteiger partial charge on any atom is -0.399 e. The molecule has 0 aliphatic heterocycles. The predicted molar refractivity (Wildman–Crippen MR) is 113 cm³/mol. The Morgan fingerprint density at radius 2 is 2.14 bits per heavy atom. The number of nitrogen functional groups attached to an aromatic ring is 1. The quantitative estimate of drug-likeness (QED) is 0.329. The van der Waals surface area contributed by atoms with Gasteiger partial charge in [-0.05, 0) is 42.1 Å². The molecule has 0 atom stereocenters. The van der Waals surface area contributed by atoms with Crippen LogP contribution in [-0.2, 0) is 6.54 Å². The maximum Gasteiger partial charge on any atom is 0.261 e. The minimum atomic E-state index is -0.0247. The molecule has 3 aromatic heterocycles. The molecule has 28 heavy (non-hydrogen) atoms. The average molecular weight is 392 g/mol. The molecule has 1 amide bonds. The summed E-state index contributed by atoms with van der Waals surface area (Å²) in [6.07, 6.45) is 4.60. The summed E-state index contributed by atoms with van der Waals surface area (Å²) in [5, 5.41) is 9.00. The molecule has 0 unspecified atom stereocenters. The van der Waals surface area contributed by atoms with E-state index < -0.39 is 0 Å². The van der Waals surface area contributed by atoms with Crippen molar-refractivity contribution in [2.45, 2.75) is 13.0 Å². The molecule has 7 nitrogen and oxygen atoms in total. The van der Waals surface area contributed by atoms with Gasteiger partial charge in [0, 0.05) is 42.2 Å². The second-order valence-corrected chi connectivity index (χ2v) is 7.27. The third-order valence-corrected chi connectivity index (χ3v) is 5.12. The lowest BCUT2D eigenvalue weighted by Gasteiger charge is -2.08. The molecule has 0 aliphatic carbocycles. The lowest BCUT2D eigenvalue weighted by atomic mass is 10.3. The molecule has 4 aromatic rings. The molecule has 0 saturated heterocycles. The summed E-state index contributed by atoms with van der Waals surface area (Å²) in [4.78, 5) is 21.7. The van der Waals surface area contributed by atoms with Gasteiger partial charge in [-0.2, -0.15) is 4.98 Å². The van der Waals surface area contributed by atoms with E-state index in [0.29, 0.717) is 18.2 Å². The maximum atomic E-state index is 12.0. The Morgan fingerprint density at radius 1 is 1.21 bits per heavy atom. The van der Waals surface area contributed by atoms with Gasteiger partial charge in [-0.25, -0.2) is 4.98 Å². The number of nitrogens with one attached hydrogen (secondary N) is 2. The predicted octanol–water partition coefficient (Wildman–Crippen LogP) is 3.64. The second kappa shape index (κ2) is 8.10. The number of nitrogens with zero attached hydrogens (tertiary/aromatic N) is 3. The summed E-state index contributed by atoms with van der Waals surface area (Å²) in [5.41, 5.74) is 8.19. The molecule has 0 fully saturated rings. The smallest absolute Gasteiger partial charge is 0.261 e. The zero-order valence-electron chi connectivity index (χ0n) is 15.1. The van der Waals surface area contributed by atoms with Gasteiger partial charge in [-0.3, -0.25) is 4.79 Å². The van der Waals surface area contributed by atoms with Crippen LogP contribution in [0.15, 0.2) is 60.2 Å². The van der Waals surface area contributed by atoms with E-state index in [1.165, 1.54) is 11.3 Å². The van der Waals surface area contributed by atoms with Gasteiger partial charge in [-0.1, -0.05) is 12.1 Å². The van der Waals surface area contributed by atoms with E-state index in [0.717, 1.165) is 34.6 Å². The number of thiophene rings is 1. The number of anilines is 3. The van der Waals surface area contributed by atoms with Gasteiger partial charge >= 0.3 is 0 Å². The summed E-state index contributed by atoms with van der Waals surface area (Å²) < 4.78 is 2.07. The number of aryl methyl sites for hydroxylation is 1. The Morgan fingerprint density at radius 3 is 2.96 bits per heavy atom. The molecule has 1 aromatic carbocycles. The number of carbonyl (C=O) groups excluding carboxylic acids is 1. The number of hydrogen-bond donors (Lipinski definition) is 3. The van der Waals surface area contributed by atoms with Crippen molar-refractivity contribution in [3.05, 3.63) is 65.1 Å². The first-order valence-corrected chi connectivity index (χ1v) is 9.83. The van der Waals surface area contributed by atoms with Crippen molar-refractivity contribution in [1.29, 1.82) is 0 Å². The lowest BCUT2D eigenvalue weighted by Crippen LogP contribution is -2.24. The highest BCUT2D eigenvalue weighted by Crippen LogP contribution is 2.19. The van der Waals surface area contributed by atoms with E-state index >= 15 is 0 Å². The Kier molecular flexibility index (Phi) is 5.20. The van der Waals surface area contributed by atoms with Crippen LogP contribution in [0.5, 0.6) is 0 Å². The third-order valence-electron chi connectivity index (χ3n) is 4.25. The number of amides is 1. The normalized spacial score (nSPS) is 10.9. The fourth-order valence-electron chi connectivity index (χ4n) is 2.90. The second-order valence-electron chi connectivity index (χ2n) is 6.32. The van der Waals surface area contributed by atoms with Crippen LogP contribution in [0.4, 0.5) is 17.3 Å². The van der Waals surface area contributed by atoms with Crippen LogP contribution in [0, 0.1) is 0 Å². The first-order valence-electron chi connectivity index (χ1n) is 8.95. The number of aromatic nitrogens is 3. The van der Waals surface area contributed by atoms with Crippen LogP contribution in [0.2, 0.25) is 0 Å². The maximum absolute atomic E-state index is 12.0. The monoisotopic (exact) mass is 392 g/mol. The van der Waals surface area contributed by atoms with Crippen molar-refractivity contribution >= 4 is 45.6 Å². The van der Waals surface area contributed by atoms with Gasteiger partial charge in [-0.15, -0.1) is 11.3 Å². The molecule has 3 heterocycles. The SMILES string of the molecule is Nc1cccc(Nc2ncc3ccn(CCCNC(=O)c4cccs4)c3n2)c1. The number of hydrogen-bond acceptors (Lipinski definition) is 6. The summed E-state index contributed by atoms with van der Waals surface area (Å²) in [6.45, 7) is 1.36. The van der Waals surface area contributed by atoms with Crippen LogP contribution in [0.3, 0.4) is 0 Å². The first-order chi connectivity index (χ1) is 13.7. The highest BCUT2D eigenvalue weighted by atomic mass is 32.1. The Hall–Kier alpha value is -3.39. The number of fused-ring (bicyclic) bond motifs is 1. The molecule has 8 heteroatoms. The number of carbonyl (C=O) groups is 1. The lowest BCUT2D eigenvalue weighted by molar-refractivity contribution is 0.0957. The van der Waals surface area contributed by atoms with Gasteiger partial charge in [0.15, 0.2) is 0 Å². The van der Waals surface area contributed by atoms with Gasteiger partial charge < -0.3 is 20.9 Å². The van der Waals surface area contributed by atoms with Gasteiger partial charge in [0.05, 0.1) is 4.88 Å². The van der Waals surface area contributed by atoms with Crippen molar-refractivity contribution < 1.29 is 4.79 Å². The average Bonchev–Trinajstić information content (AvgIpc) is 3.35. The molecule has 0 aliphatic rings. The van der Waals surface area contributed by atoms with E-state index in [4.69, 9.17) is 5.73 Å². The topological polar surface area (TPSA) is 97.9 Å². The number of rotatable bonds is 7. The number of nitrogens with two attached hydrogens (primary N) is 1. The summed E-state index contributed by atoms with van der Waals surface area (Å²) >= 11 is 1.44. The molecule has 0 radical (unpaired) electrons. The van der Waals surface area contributed by atoms with Gasteiger partial charge in [0.2, 0.25) is 5.95 Å². The largest absolute Gasteiger partial charge is 0.399 e. The fourth-order valence-corrected chi connectivity index (χ4v) is 3.54. The summed E-state index contributed by atoms with van der Waals surface area (Å²) in [7, 11) is 0. The van der Waals surface area contributed by atoms with Crippen LogP contribution < -0.4 is 16.4 Å². The minimum absolute atomic E-state index is 0.0247. The molecule has 142 valence electrons. The Balaban J connectivity index is 1.39. The summed E-state index contributed by atoms with van der Waals surface area (Å²) in [5.74, 6) is 0.493. The number of benzene rings is 1. The van der Waals surface area contributed by atoms with Gasteiger partial charge in [0.25, 0.3) is 5.91 Å². The fraction of sp³-hybridized carbons (Fsp3) is 0.150. The van der Waals surface area contributed by atoms with Crippen molar-refractivity contribution in [2.75, 3.05) is 17.6 Å². The molecule has 4 N–H and O–H groups in total. The molecular formula is C20H20N6OS. The van der Waals surface area contributed by atoms with E-state index in [2.05, 4.69) is 25.2 Å². The van der Waals surface area contributed by atoms with Crippen molar-refractivity contribution in [3.8, 4) is 0 Å². The molecular weight excluding hydrogens is 372 g/mol. The van der Waals surface area contributed by atoms with Gasteiger partial charge in [0.1, 0.15) is 5.65 Å². The zero-order valence-corrected chi connectivity index (χ0v) is 15.9. The third kappa shape index (κ3) is 4.12. The van der Waals surface area contributed by atoms with E-state index in [-0.39, 0.29) is 5.91 Å². The van der Waals surface area contributed by atoms with E-state index in [1.807, 2.05) is 54.0 Å². The Labute approximate surface area is 166 Å².